The first-order chi connectivity index (χ1) is 9.40. The molecule has 106 valence electrons. The van der Waals surface area contributed by atoms with Crippen LogP contribution in [0, 0.1) is 0 Å². The van der Waals surface area contributed by atoms with Gasteiger partial charge < -0.3 is 10.2 Å². The lowest BCUT2D eigenvalue weighted by atomic mass is 10.2. The second kappa shape index (κ2) is 6.82. The highest BCUT2D eigenvalue weighted by Crippen LogP contribution is 2.20. The fraction of sp³-hybridized carbons (Fsp3) is 0.800. The normalized spacial score (nSPS) is 21.5. The Bertz CT molecular complexity index is 344. The van der Waals surface area contributed by atoms with Crippen molar-refractivity contribution in [3.63, 3.8) is 0 Å². The van der Waals surface area contributed by atoms with Crippen molar-refractivity contribution in [2.24, 2.45) is 0 Å². The summed E-state index contributed by atoms with van der Waals surface area (Å²) in [7, 11) is 0. The van der Waals surface area contributed by atoms with Crippen LogP contribution in [-0.4, -0.2) is 35.6 Å². The van der Waals surface area contributed by atoms with Gasteiger partial charge in [0.25, 0.3) is 0 Å². The van der Waals surface area contributed by atoms with Crippen LogP contribution in [0.3, 0.4) is 0 Å². The minimum absolute atomic E-state index is 0.759. The van der Waals surface area contributed by atoms with Crippen LogP contribution in [0.2, 0.25) is 0 Å². The smallest absolute Gasteiger partial charge is 0.0940 e. The van der Waals surface area contributed by atoms with Crippen LogP contribution in [0.1, 0.15) is 48.4 Å². The monoisotopic (exact) mass is 279 g/mol. The van der Waals surface area contributed by atoms with Gasteiger partial charge in [-0.05, 0) is 38.8 Å². The maximum absolute atomic E-state index is 4.57. The fourth-order valence-electron chi connectivity index (χ4n) is 3.18. The molecule has 19 heavy (non-hydrogen) atoms. The molecule has 3 rings (SSSR count). The molecule has 0 radical (unpaired) electrons. The summed E-state index contributed by atoms with van der Waals surface area (Å²) in [4.78, 5) is 8.55. The number of hydrogen-bond acceptors (Lipinski definition) is 4. The zero-order valence-electron chi connectivity index (χ0n) is 11.7. The van der Waals surface area contributed by atoms with Crippen LogP contribution in [-0.2, 0) is 13.0 Å². The average molecular weight is 279 g/mol. The lowest BCUT2D eigenvalue weighted by Crippen LogP contribution is -2.24. The zero-order chi connectivity index (χ0) is 12.9. The topological polar surface area (TPSA) is 28.2 Å². The molecule has 1 aromatic rings. The zero-order valence-corrected chi connectivity index (χ0v) is 12.6. The van der Waals surface area contributed by atoms with Crippen LogP contribution < -0.4 is 5.32 Å². The van der Waals surface area contributed by atoms with E-state index >= 15 is 0 Å². The molecule has 0 unspecified atom stereocenters. The van der Waals surface area contributed by atoms with Gasteiger partial charge in [-0.15, -0.1) is 11.3 Å². The summed E-state index contributed by atoms with van der Waals surface area (Å²) in [5.41, 5.74) is 0. The van der Waals surface area contributed by atoms with E-state index in [-0.39, 0.29) is 0 Å². The minimum Gasteiger partial charge on any atom is -0.309 e. The predicted octanol–water partition coefficient (Wildman–Crippen LogP) is 2.81. The van der Waals surface area contributed by atoms with E-state index in [4.69, 9.17) is 0 Å². The Morgan fingerprint density at radius 2 is 2.00 bits per heavy atom. The first-order valence-electron chi connectivity index (χ1n) is 7.79. The second-order valence-corrected chi connectivity index (χ2v) is 7.08. The Kier molecular flexibility index (Phi) is 4.86. The van der Waals surface area contributed by atoms with Gasteiger partial charge in [0.1, 0.15) is 0 Å². The van der Waals surface area contributed by atoms with E-state index in [1.54, 1.807) is 0 Å². The molecule has 0 amide bonds. The third kappa shape index (κ3) is 4.01. The summed E-state index contributed by atoms with van der Waals surface area (Å²) in [6, 6.07) is 0.759. The number of likely N-dealkylation sites (tertiary alicyclic amines) is 1. The number of rotatable bonds is 6. The molecule has 1 saturated carbocycles. The SMILES string of the molecule is c1nc(CCN2CCCC2)sc1CNC1CCCC1. The van der Waals surface area contributed by atoms with E-state index < -0.39 is 0 Å². The second-order valence-electron chi connectivity index (χ2n) is 5.88. The van der Waals surface area contributed by atoms with Crippen molar-refractivity contribution in [1.82, 2.24) is 15.2 Å². The molecule has 1 aliphatic heterocycles. The fourth-order valence-corrected chi connectivity index (χ4v) is 4.04. The Morgan fingerprint density at radius 3 is 2.79 bits per heavy atom. The first kappa shape index (κ1) is 13.5. The lowest BCUT2D eigenvalue weighted by Gasteiger charge is -2.12. The van der Waals surface area contributed by atoms with Crippen LogP contribution >= 0.6 is 11.3 Å². The number of aromatic nitrogens is 1. The highest BCUT2D eigenvalue weighted by molar-refractivity contribution is 7.11. The minimum atomic E-state index is 0.759. The van der Waals surface area contributed by atoms with E-state index in [0.29, 0.717) is 0 Å². The maximum Gasteiger partial charge on any atom is 0.0940 e. The highest BCUT2D eigenvalue weighted by Gasteiger charge is 2.15. The van der Waals surface area contributed by atoms with E-state index in [1.807, 2.05) is 11.3 Å². The molecular formula is C15H25N3S. The molecule has 1 aromatic heterocycles. The summed E-state index contributed by atoms with van der Waals surface area (Å²) in [6.07, 6.45) is 11.5. The molecule has 4 heteroatoms. The number of nitrogens with zero attached hydrogens (tertiary/aromatic N) is 2. The molecule has 1 saturated heterocycles. The molecule has 2 aliphatic rings. The van der Waals surface area contributed by atoms with Gasteiger partial charge in [0.15, 0.2) is 0 Å². The quantitative estimate of drug-likeness (QED) is 0.868. The van der Waals surface area contributed by atoms with Crippen molar-refractivity contribution < 1.29 is 0 Å². The summed E-state index contributed by atoms with van der Waals surface area (Å²) < 4.78 is 0. The van der Waals surface area contributed by atoms with Crippen molar-refractivity contribution in [1.29, 1.82) is 0 Å². The van der Waals surface area contributed by atoms with Gasteiger partial charge in [0, 0.05) is 36.6 Å². The van der Waals surface area contributed by atoms with Gasteiger partial charge >= 0.3 is 0 Å². The standard InChI is InChI=1S/C15H25N3S/c1-2-6-13(5-1)16-11-14-12-17-15(19-14)7-10-18-8-3-4-9-18/h12-13,16H,1-11H2. The maximum atomic E-state index is 4.57. The van der Waals surface area contributed by atoms with Crippen molar-refractivity contribution in [3.05, 3.63) is 16.1 Å². The van der Waals surface area contributed by atoms with Crippen LogP contribution in [0.25, 0.3) is 0 Å². The average Bonchev–Trinajstić information content (AvgIpc) is 3.16. The van der Waals surface area contributed by atoms with E-state index in [0.717, 1.165) is 19.0 Å². The van der Waals surface area contributed by atoms with Crippen molar-refractivity contribution in [2.45, 2.75) is 57.5 Å². The van der Waals surface area contributed by atoms with Crippen molar-refractivity contribution in [2.75, 3.05) is 19.6 Å². The predicted molar refractivity (Wildman–Crippen MR) is 80.6 cm³/mol. The van der Waals surface area contributed by atoms with Gasteiger partial charge in [-0.25, -0.2) is 4.98 Å². The van der Waals surface area contributed by atoms with Gasteiger partial charge in [0.05, 0.1) is 5.01 Å². The largest absolute Gasteiger partial charge is 0.309 e. The summed E-state index contributed by atoms with van der Waals surface area (Å²) in [5.74, 6) is 0. The highest BCUT2D eigenvalue weighted by atomic mass is 32.1. The molecule has 1 aliphatic carbocycles. The summed E-state index contributed by atoms with van der Waals surface area (Å²) >= 11 is 1.90. The molecular weight excluding hydrogens is 254 g/mol. The van der Waals surface area contributed by atoms with Crippen LogP contribution in [0.4, 0.5) is 0 Å². The van der Waals surface area contributed by atoms with Gasteiger partial charge in [0.2, 0.25) is 0 Å². The third-order valence-corrected chi connectivity index (χ3v) is 5.42. The van der Waals surface area contributed by atoms with E-state index in [2.05, 4.69) is 21.4 Å². The summed E-state index contributed by atoms with van der Waals surface area (Å²) in [5, 5.41) is 4.98. The number of nitrogens with one attached hydrogen (secondary N) is 1. The first-order valence-corrected chi connectivity index (χ1v) is 8.61. The molecule has 2 heterocycles. The molecule has 0 bridgehead atoms. The molecule has 2 fully saturated rings. The van der Waals surface area contributed by atoms with E-state index in [9.17, 15) is 0 Å². The molecule has 1 N–H and O–H groups in total. The van der Waals surface area contributed by atoms with Gasteiger partial charge in [-0.3, -0.25) is 0 Å². The Morgan fingerprint density at radius 1 is 1.21 bits per heavy atom. The van der Waals surface area contributed by atoms with Crippen LogP contribution in [0.15, 0.2) is 6.20 Å². The van der Waals surface area contributed by atoms with E-state index in [1.165, 1.54) is 68.0 Å². The Labute approximate surface area is 120 Å². The van der Waals surface area contributed by atoms with Crippen LogP contribution in [0.5, 0.6) is 0 Å². The Balaban J connectivity index is 1.40. The lowest BCUT2D eigenvalue weighted by molar-refractivity contribution is 0.343. The number of hydrogen-bond donors (Lipinski definition) is 1. The number of thiazole rings is 1. The van der Waals surface area contributed by atoms with Gasteiger partial charge in [-0.2, -0.15) is 0 Å². The molecule has 0 aromatic carbocycles. The molecule has 0 spiro atoms. The van der Waals surface area contributed by atoms with Crippen molar-refractivity contribution in [3.8, 4) is 0 Å². The van der Waals surface area contributed by atoms with Crippen molar-refractivity contribution >= 4 is 11.3 Å². The molecule has 0 atom stereocenters. The summed E-state index contributed by atoms with van der Waals surface area (Å²) in [6.45, 7) is 4.80. The molecule has 3 nitrogen and oxygen atoms in total. The Hall–Kier alpha value is -0.450. The van der Waals surface area contributed by atoms with Gasteiger partial charge in [-0.1, -0.05) is 12.8 Å². The third-order valence-electron chi connectivity index (χ3n) is 4.36.